The van der Waals surface area contributed by atoms with Gasteiger partial charge in [0.15, 0.2) is 0 Å². The highest BCUT2D eigenvalue weighted by molar-refractivity contribution is 7.99. The first-order valence-electron chi connectivity index (χ1n) is 4.77. The van der Waals surface area contributed by atoms with Crippen LogP contribution in [0.2, 0.25) is 0 Å². The van der Waals surface area contributed by atoms with Crippen molar-refractivity contribution in [3.63, 3.8) is 0 Å². The van der Waals surface area contributed by atoms with Gasteiger partial charge in [0.2, 0.25) is 5.89 Å². The Hall–Kier alpha value is -1.06. The molecule has 6 heteroatoms. The van der Waals surface area contributed by atoms with Crippen molar-refractivity contribution in [2.75, 3.05) is 5.75 Å². The molecule has 1 aromatic rings. The maximum Gasteiger partial charge on any atom is 0.276 e. The number of aromatic nitrogens is 2. The standard InChI is InChI=1S/C9H12N4OS/c1-6-12-13-8(14-6)15-5-9(11,4-10)7-2-3-7/h7H,2-3,5,11H2,1H3. The van der Waals surface area contributed by atoms with Crippen molar-refractivity contribution in [2.45, 2.75) is 30.5 Å². The first kappa shape index (κ1) is 10.5. The summed E-state index contributed by atoms with van der Waals surface area (Å²) in [6, 6.07) is 2.18. The molecule has 1 aliphatic rings. The Morgan fingerprint density at radius 1 is 1.67 bits per heavy atom. The van der Waals surface area contributed by atoms with E-state index in [1.165, 1.54) is 11.8 Å². The van der Waals surface area contributed by atoms with Gasteiger partial charge in [0.05, 0.1) is 6.07 Å². The van der Waals surface area contributed by atoms with Gasteiger partial charge in [-0.15, -0.1) is 10.2 Å². The number of thioether (sulfide) groups is 1. The fourth-order valence-electron chi connectivity index (χ4n) is 1.36. The summed E-state index contributed by atoms with van der Waals surface area (Å²) in [7, 11) is 0. The smallest absolute Gasteiger partial charge is 0.276 e. The first-order chi connectivity index (χ1) is 7.14. The van der Waals surface area contributed by atoms with E-state index in [0.717, 1.165) is 12.8 Å². The van der Waals surface area contributed by atoms with Gasteiger partial charge in [-0.2, -0.15) is 5.26 Å². The van der Waals surface area contributed by atoms with Crippen LogP contribution < -0.4 is 5.73 Å². The van der Waals surface area contributed by atoms with E-state index in [2.05, 4.69) is 16.3 Å². The van der Waals surface area contributed by atoms with E-state index >= 15 is 0 Å². The van der Waals surface area contributed by atoms with Gasteiger partial charge in [-0.1, -0.05) is 11.8 Å². The van der Waals surface area contributed by atoms with Crippen LogP contribution in [0.4, 0.5) is 0 Å². The van der Waals surface area contributed by atoms with Crippen molar-refractivity contribution >= 4 is 11.8 Å². The summed E-state index contributed by atoms with van der Waals surface area (Å²) < 4.78 is 5.20. The zero-order valence-corrected chi connectivity index (χ0v) is 9.25. The van der Waals surface area contributed by atoms with Crippen LogP contribution in [-0.4, -0.2) is 21.5 Å². The maximum atomic E-state index is 9.02. The van der Waals surface area contributed by atoms with Crippen LogP contribution in [0, 0.1) is 24.2 Å². The Kier molecular flexibility index (Phi) is 2.67. The first-order valence-corrected chi connectivity index (χ1v) is 5.75. The normalized spacial score (nSPS) is 19.5. The summed E-state index contributed by atoms with van der Waals surface area (Å²) in [5.41, 5.74) is 5.24. The lowest BCUT2D eigenvalue weighted by atomic mass is 10.00. The van der Waals surface area contributed by atoms with Crippen LogP contribution in [0.3, 0.4) is 0 Å². The molecule has 1 atom stereocenters. The second kappa shape index (κ2) is 3.83. The molecule has 0 saturated heterocycles. The highest BCUT2D eigenvalue weighted by atomic mass is 32.2. The summed E-state index contributed by atoms with van der Waals surface area (Å²) in [6.45, 7) is 1.73. The van der Waals surface area contributed by atoms with Gasteiger partial charge >= 0.3 is 0 Å². The van der Waals surface area contributed by atoms with E-state index in [1.807, 2.05) is 0 Å². The molecule has 0 aliphatic heterocycles. The van der Waals surface area contributed by atoms with Crippen LogP contribution >= 0.6 is 11.8 Å². The van der Waals surface area contributed by atoms with E-state index in [9.17, 15) is 0 Å². The minimum atomic E-state index is -0.743. The molecule has 2 rings (SSSR count). The minimum absolute atomic E-state index is 0.332. The SMILES string of the molecule is Cc1nnc(SCC(N)(C#N)C2CC2)o1. The van der Waals surface area contributed by atoms with E-state index in [-0.39, 0.29) is 0 Å². The Labute approximate surface area is 92.0 Å². The molecule has 1 aliphatic carbocycles. The highest BCUT2D eigenvalue weighted by Crippen LogP contribution is 2.40. The van der Waals surface area contributed by atoms with Crippen molar-refractivity contribution in [3.05, 3.63) is 5.89 Å². The molecule has 0 amide bonds. The summed E-state index contributed by atoms with van der Waals surface area (Å²) in [6.07, 6.45) is 2.10. The van der Waals surface area contributed by atoms with Crippen LogP contribution in [-0.2, 0) is 0 Å². The predicted octanol–water partition coefficient (Wildman–Crippen LogP) is 1.10. The molecule has 1 heterocycles. The molecule has 5 nitrogen and oxygen atoms in total. The molecule has 0 aromatic carbocycles. The summed E-state index contributed by atoms with van der Waals surface area (Å²) in [5, 5.41) is 17.1. The van der Waals surface area contributed by atoms with Gasteiger partial charge in [0, 0.05) is 12.7 Å². The van der Waals surface area contributed by atoms with E-state index in [4.69, 9.17) is 15.4 Å². The third kappa shape index (κ3) is 2.30. The van der Waals surface area contributed by atoms with E-state index < -0.39 is 5.54 Å². The molecule has 0 radical (unpaired) electrons. The zero-order valence-electron chi connectivity index (χ0n) is 8.43. The maximum absolute atomic E-state index is 9.02. The Balaban J connectivity index is 1.94. The molecular weight excluding hydrogens is 212 g/mol. The number of hydrogen-bond donors (Lipinski definition) is 1. The van der Waals surface area contributed by atoms with E-state index in [1.54, 1.807) is 6.92 Å². The number of rotatable bonds is 4. The minimum Gasteiger partial charge on any atom is -0.416 e. The third-order valence-corrected chi connectivity index (χ3v) is 3.49. The second-order valence-electron chi connectivity index (χ2n) is 3.80. The third-order valence-electron chi connectivity index (χ3n) is 2.46. The van der Waals surface area contributed by atoms with Crippen molar-refractivity contribution in [1.82, 2.24) is 10.2 Å². The van der Waals surface area contributed by atoms with Crippen molar-refractivity contribution in [2.24, 2.45) is 11.7 Å². The van der Waals surface area contributed by atoms with Crippen LogP contribution in [0.15, 0.2) is 9.64 Å². The van der Waals surface area contributed by atoms with E-state index in [0.29, 0.717) is 22.8 Å². The van der Waals surface area contributed by atoms with Gasteiger partial charge < -0.3 is 10.2 Å². The monoisotopic (exact) mass is 224 g/mol. The van der Waals surface area contributed by atoms with Crippen molar-refractivity contribution in [3.8, 4) is 6.07 Å². The Morgan fingerprint density at radius 3 is 2.87 bits per heavy atom. The topological polar surface area (TPSA) is 88.7 Å². The highest BCUT2D eigenvalue weighted by Gasteiger charge is 2.42. The average Bonchev–Trinajstić information content (AvgIpc) is 3.00. The molecular formula is C9H12N4OS. The van der Waals surface area contributed by atoms with Gasteiger partial charge in [-0.05, 0) is 18.8 Å². The molecule has 1 aromatic heterocycles. The molecule has 15 heavy (non-hydrogen) atoms. The Bertz CT molecular complexity index is 395. The van der Waals surface area contributed by atoms with Gasteiger partial charge in [-0.25, -0.2) is 0 Å². The van der Waals surface area contributed by atoms with Crippen LogP contribution in [0.1, 0.15) is 18.7 Å². The summed E-state index contributed by atoms with van der Waals surface area (Å²) in [4.78, 5) is 0. The number of nitrogens with two attached hydrogens (primary N) is 1. The molecule has 0 bridgehead atoms. The number of aryl methyl sites for hydroxylation is 1. The van der Waals surface area contributed by atoms with Gasteiger partial charge in [-0.3, -0.25) is 0 Å². The molecule has 1 fully saturated rings. The molecule has 2 N–H and O–H groups in total. The largest absolute Gasteiger partial charge is 0.416 e. The molecule has 0 spiro atoms. The quantitative estimate of drug-likeness (QED) is 0.770. The molecule has 80 valence electrons. The second-order valence-corrected chi connectivity index (χ2v) is 4.73. The average molecular weight is 224 g/mol. The molecule has 1 saturated carbocycles. The van der Waals surface area contributed by atoms with Gasteiger partial charge in [0.25, 0.3) is 5.22 Å². The Morgan fingerprint density at radius 2 is 2.40 bits per heavy atom. The summed E-state index contributed by atoms with van der Waals surface area (Å²) >= 11 is 1.35. The number of nitrogens with zero attached hydrogens (tertiary/aromatic N) is 3. The van der Waals surface area contributed by atoms with Crippen molar-refractivity contribution < 1.29 is 4.42 Å². The lowest BCUT2D eigenvalue weighted by molar-refractivity contribution is 0.427. The van der Waals surface area contributed by atoms with Crippen molar-refractivity contribution in [1.29, 1.82) is 5.26 Å². The zero-order chi connectivity index (χ0) is 10.9. The molecule has 1 unspecified atom stereocenters. The fraction of sp³-hybridized carbons (Fsp3) is 0.667. The van der Waals surface area contributed by atoms with Gasteiger partial charge in [0.1, 0.15) is 5.54 Å². The van der Waals surface area contributed by atoms with Crippen LogP contribution in [0.25, 0.3) is 0 Å². The number of hydrogen-bond acceptors (Lipinski definition) is 6. The predicted molar refractivity (Wildman–Crippen MR) is 55.0 cm³/mol. The van der Waals surface area contributed by atoms with Crippen LogP contribution in [0.5, 0.6) is 0 Å². The fourth-order valence-corrected chi connectivity index (χ4v) is 2.30. The summed E-state index contributed by atoms with van der Waals surface area (Å²) in [5.74, 6) is 1.37. The lowest BCUT2D eigenvalue weighted by Gasteiger charge is -2.18. The number of nitriles is 1. The lowest BCUT2D eigenvalue weighted by Crippen LogP contribution is -2.43.